The van der Waals surface area contributed by atoms with E-state index in [1.54, 1.807) is 21.3 Å². The summed E-state index contributed by atoms with van der Waals surface area (Å²) in [4.78, 5) is 0. The highest BCUT2D eigenvalue weighted by molar-refractivity contribution is 5.43. The van der Waals surface area contributed by atoms with Gasteiger partial charge in [-0.05, 0) is 30.7 Å². The molecule has 0 bridgehead atoms. The van der Waals surface area contributed by atoms with E-state index in [2.05, 4.69) is 18.3 Å². The van der Waals surface area contributed by atoms with E-state index in [1.807, 2.05) is 36.4 Å². The number of hydrogen-bond acceptors (Lipinski definition) is 4. The molecule has 2 aromatic rings. The molecule has 4 heteroatoms. The summed E-state index contributed by atoms with van der Waals surface area (Å²) in [7, 11) is 4.98. The highest BCUT2D eigenvalue weighted by atomic mass is 16.5. The van der Waals surface area contributed by atoms with Crippen molar-refractivity contribution in [3.63, 3.8) is 0 Å². The Balaban J connectivity index is 2.07. The van der Waals surface area contributed by atoms with Crippen molar-refractivity contribution in [3.8, 4) is 17.2 Å². The van der Waals surface area contributed by atoms with Crippen LogP contribution in [0.3, 0.4) is 0 Å². The molecule has 0 spiro atoms. The molecule has 0 amide bonds. The lowest BCUT2D eigenvalue weighted by Gasteiger charge is -2.17. The van der Waals surface area contributed by atoms with Crippen molar-refractivity contribution >= 4 is 0 Å². The molecule has 0 aliphatic carbocycles. The van der Waals surface area contributed by atoms with Gasteiger partial charge in [0.05, 0.1) is 21.3 Å². The SMILES string of the molecule is COc1ccccc1CNC(C)c1ccc(OC)c(OC)c1. The zero-order valence-corrected chi connectivity index (χ0v) is 13.6. The van der Waals surface area contributed by atoms with Gasteiger partial charge in [-0.3, -0.25) is 0 Å². The Hall–Kier alpha value is -2.20. The van der Waals surface area contributed by atoms with Gasteiger partial charge < -0.3 is 19.5 Å². The van der Waals surface area contributed by atoms with Crippen LogP contribution < -0.4 is 19.5 Å². The van der Waals surface area contributed by atoms with Crippen LogP contribution in [0.5, 0.6) is 17.2 Å². The molecule has 118 valence electrons. The van der Waals surface area contributed by atoms with E-state index in [0.29, 0.717) is 0 Å². The van der Waals surface area contributed by atoms with E-state index >= 15 is 0 Å². The normalized spacial score (nSPS) is 11.8. The van der Waals surface area contributed by atoms with Crippen LogP contribution in [0.25, 0.3) is 0 Å². The third-order valence-electron chi connectivity index (χ3n) is 3.70. The van der Waals surface area contributed by atoms with Crippen molar-refractivity contribution in [1.29, 1.82) is 0 Å². The van der Waals surface area contributed by atoms with Crippen LogP contribution in [0, 0.1) is 0 Å². The van der Waals surface area contributed by atoms with Crippen molar-refractivity contribution in [2.45, 2.75) is 19.5 Å². The molecule has 0 saturated heterocycles. The quantitative estimate of drug-likeness (QED) is 0.849. The Bertz CT molecular complexity index is 613. The van der Waals surface area contributed by atoms with E-state index < -0.39 is 0 Å². The number of nitrogens with one attached hydrogen (secondary N) is 1. The number of methoxy groups -OCH3 is 3. The van der Waals surface area contributed by atoms with E-state index in [9.17, 15) is 0 Å². The van der Waals surface area contributed by atoms with Crippen molar-refractivity contribution in [3.05, 3.63) is 53.6 Å². The molecule has 4 nitrogen and oxygen atoms in total. The fourth-order valence-electron chi connectivity index (χ4n) is 2.35. The molecule has 0 radical (unpaired) electrons. The lowest BCUT2D eigenvalue weighted by molar-refractivity contribution is 0.354. The lowest BCUT2D eigenvalue weighted by atomic mass is 10.1. The fourth-order valence-corrected chi connectivity index (χ4v) is 2.35. The molecule has 2 rings (SSSR count). The zero-order valence-electron chi connectivity index (χ0n) is 13.6. The minimum absolute atomic E-state index is 0.185. The second kappa shape index (κ2) is 7.71. The summed E-state index contributed by atoms with van der Waals surface area (Å²) in [6.07, 6.45) is 0. The van der Waals surface area contributed by atoms with Crippen molar-refractivity contribution in [1.82, 2.24) is 5.32 Å². The van der Waals surface area contributed by atoms with Crippen LogP contribution in [0.4, 0.5) is 0 Å². The topological polar surface area (TPSA) is 39.7 Å². The predicted octanol–water partition coefficient (Wildman–Crippen LogP) is 3.56. The molecule has 1 atom stereocenters. The van der Waals surface area contributed by atoms with Crippen LogP contribution in [-0.4, -0.2) is 21.3 Å². The Kier molecular flexibility index (Phi) is 5.67. The summed E-state index contributed by atoms with van der Waals surface area (Å²) in [5.74, 6) is 2.38. The minimum Gasteiger partial charge on any atom is -0.496 e. The molecule has 0 aliphatic heterocycles. The first-order valence-electron chi connectivity index (χ1n) is 7.26. The van der Waals surface area contributed by atoms with Gasteiger partial charge in [0.1, 0.15) is 5.75 Å². The van der Waals surface area contributed by atoms with E-state index in [0.717, 1.165) is 34.9 Å². The molecule has 1 unspecified atom stereocenters. The van der Waals surface area contributed by atoms with E-state index in [4.69, 9.17) is 14.2 Å². The zero-order chi connectivity index (χ0) is 15.9. The summed E-state index contributed by atoms with van der Waals surface area (Å²) in [5.41, 5.74) is 2.28. The third kappa shape index (κ3) is 3.71. The molecule has 22 heavy (non-hydrogen) atoms. The summed E-state index contributed by atoms with van der Waals surface area (Å²) in [5, 5.41) is 3.50. The smallest absolute Gasteiger partial charge is 0.161 e. The maximum atomic E-state index is 5.37. The number of para-hydroxylation sites is 1. The molecular weight excluding hydrogens is 278 g/mol. The van der Waals surface area contributed by atoms with Gasteiger partial charge in [-0.15, -0.1) is 0 Å². The largest absolute Gasteiger partial charge is 0.496 e. The van der Waals surface area contributed by atoms with Gasteiger partial charge in [-0.2, -0.15) is 0 Å². The Morgan fingerprint density at radius 2 is 1.55 bits per heavy atom. The average molecular weight is 301 g/mol. The van der Waals surface area contributed by atoms with Crippen LogP contribution in [0.15, 0.2) is 42.5 Å². The van der Waals surface area contributed by atoms with Crippen LogP contribution in [-0.2, 0) is 6.54 Å². The average Bonchev–Trinajstić information content (AvgIpc) is 2.59. The molecule has 2 aromatic carbocycles. The lowest BCUT2D eigenvalue weighted by Crippen LogP contribution is -2.18. The number of ether oxygens (including phenoxy) is 3. The van der Waals surface area contributed by atoms with Crippen LogP contribution in [0.2, 0.25) is 0 Å². The van der Waals surface area contributed by atoms with Gasteiger partial charge in [-0.25, -0.2) is 0 Å². The molecule has 1 N–H and O–H groups in total. The number of hydrogen-bond donors (Lipinski definition) is 1. The Labute approximate surface area is 132 Å². The van der Waals surface area contributed by atoms with Gasteiger partial charge in [-0.1, -0.05) is 24.3 Å². The monoisotopic (exact) mass is 301 g/mol. The first-order chi connectivity index (χ1) is 10.7. The molecule has 0 heterocycles. The Morgan fingerprint density at radius 1 is 0.864 bits per heavy atom. The summed E-state index contributed by atoms with van der Waals surface area (Å²) >= 11 is 0. The van der Waals surface area contributed by atoms with E-state index in [1.165, 1.54) is 0 Å². The predicted molar refractivity (Wildman–Crippen MR) is 87.8 cm³/mol. The van der Waals surface area contributed by atoms with Crippen molar-refractivity contribution < 1.29 is 14.2 Å². The van der Waals surface area contributed by atoms with Gasteiger partial charge in [0.25, 0.3) is 0 Å². The van der Waals surface area contributed by atoms with E-state index in [-0.39, 0.29) is 6.04 Å². The minimum atomic E-state index is 0.185. The van der Waals surface area contributed by atoms with Crippen molar-refractivity contribution in [2.24, 2.45) is 0 Å². The van der Waals surface area contributed by atoms with Crippen LogP contribution >= 0.6 is 0 Å². The molecular formula is C18H23NO3. The summed E-state index contributed by atoms with van der Waals surface area (Å²) in [6, 6.07) is 14.2. The number of benzene rings is 2. The molecule has 0 saturated carbocycles. The van der Waals surface area contributed by atoms with Gasteiger partial charge >= 0.3 is 0 Å². The number of rotatable bonds is 7. The second-order valence-corrected chi connectivity index (χ2v) is 5.03. The Morgan fingerprint density at radius 3 is 2.23 bits per heavy atom. The highest BCUT2D eigenvalue weighted by Gasteiger charge is 2.11. The van der Waals surface area contributed by atoms with Gasteiger partial charge in [0, 0.05) is 18.2 Å². The first kappa shape index (κ1) is 16.2. The molecule has 0 aliphatic rings. The van der Waals surface area contributed by atoms with Crippen LogP contribution in [0.1, 0.15) is 24.1 Å². The van der Waals surface area contributed by atoms with Crippen molar-refractivity contribution in [2.75, 3.05) is 21.3 Å². The third-order valence-corrected chi connectivity index (χ3v) is 3.70. The summed E-state index contributed by atoms with van der Waals surface area (Å²) < 4.78 is 16.0. The summed E-state index contributed by atoms with van der Waals surface area (Å²) in [6.45, 7) is 2.86. The van der Waals surface area contributed by atoms with Gasteiger partial charge in [0.15, 0.2) is 11.5 Å². The fraction of sp³-hybridized carbons (Fsp3) is 0.333. The molecule has 0 aromatic heterocycles. The second-order valence-electron chi connectivity index (χ2n) is 5.03. The molecule has 0 fully saturated rings. The van der Waals surface area contributed by atoms with Gasteiger partial charge in [0.2, 0.25) is 0 Å². The maximum absolute atomic E-state index is 5.37. The standard InChI is InChI=1S/C18H23NO3/c1-13(14-9-10-17(21-3)18(11-14)22-4)19-12-15-7-5-6-8-16(15)20-2/h5-11,13,19H,12H2,1-4H3. The highest BCUT2D eigenvalue weighted by Crippen LogP contribution is 2.30. The maximum Gasteiger partial charge on any atom is 0.161 e. The first-order valence-corrected chi connectivity index (χ1v) is 7.26.